The standard InChI is InChI=1S/C20H11Cl2FO3/c21-14-5-10-18(22)17(11-14)20(25)26-16-8-3-13(4-9-16)19(24)12-1-6-15(23)7-2-12/h1-11H. The van der Waals surface area contributed by atoms with Crippen molar-refractivity contribution in [1.82, 2.24) is 0 Å². The molecule has 6 heteroatoms. The van der Waals surface area contributed by atoms with Crippen LogP contribution in [0.2, 0.25) is 10.0 Å². The van der Waals surface area contributed by atoms with Crippen LogP contribution >= 0.6 is 23.2 Å². The van der Waals surface area contributed by atoms with Crippen LogP contribution in [0.4, 0.5) is 4.39 Å². The van der Waals surface area contributed by atoms with E-state index in [1.807, 2.05) is 0 Å². The summed E-state index contributed by atoms with van der Waals surface area (Å²) < 4.78 is 18.2. The minimum atomic E-state index is -0.657. The van der Waals surface area contributed by atoms with Crippen molar-refractivity contribution in [1.29, 1.82) is 0 Å². The molecule has 0 fully saturated rings. The topological polar surface area (TPSA) is 43.4 Å². The third-order valence-corrected chi connectivity index (χ3v) is 4.15. The van der Waals surface area contributed by atoms with Crippen LogP contribution in [-0.4, -0.2) is 11.8 Å². The maximum atomic E-state index is 12.9. The summed E-state index contributed by atoms with van der Waals surface area (Å²) in [7, 11) is 0. The molecule has 130 valence electrons. The van der Waals surface area contributed by atoms with Gasteiger partial charge in [-0.1, -0.05) is 23.2 Å². The second-order valence-corrected chi connectivity index (χ2v) is 6.22. The van der Waals surface area contributed by atoms with E-state index < -0.39 is 11.8 Å². The Kier molecular flexibility index (Phi) is 5.35. The summed E-state index contributed by atoms with van der Waals surface area (Å²) in [6.45, 7) is 0. The van der Waals surface area contributed by atoms with Crippen LogP contribution in [-0.2, 0) is 0 Å². The first kappa shape index (κ1) is 18.1. The molecule has 3 nitrogen and oxygen atoms in total. The summed E-state index contributed by atoms with van der Waals surface area (Å²) in [5.41, 5.74) is 0.893. The predicted octanol–water partition coefficient (Wildman–Crippen LogP) is 5.58. The van der Waals surface area contributed by atoms with E-state index >= 15 is 0 Å². The van der Waals surface area contributed by atoms with Crippen molar-refractivity contribution >= 4 is 35.0 Å². The molecule has 0 heterocycles. The summed E-state index contributed by atoms with van der Waals surface area (Å²) in [5, 5.41) is 0.587. The van der Waals surface area contributed by atoms with E-state index in [9.17, 15) is 14.0 Å². The van der Waals surface area contributed by atoms with Gasteiger partial charge in [0.25, 0.3) is 0 Å². The van der Waals surface area contributed by atoms with Gasteiger partial charge in [0.05, 0.1) is 10.6 Å². The number of ether oxygens (including phenoxy) is 1. The molecule has 0 atom stereocenters. The first-order valence-corrected chi connectivity index (χ1v) is 8.27. The molecule has 0 aliphatic carbocycles. The third-order valence-electron chi connectivity index (χ3n) is 3.58. The molecular formula is C20H11Cl2FO3. The van der Waals surface area contributed by atoms with Gasteiger partial charge >= 0.3 is 5.97 Å². The molecule has 3 rings (SSSR count). The third kappa shape index (κ3) is 4.10. The molecule has 0 aliphatic heterocycles. The van der Waals surface area contributed by atoms with Gasteiger partial charge in [0.15, 0.2) is 5.78 Å². The number of hydrogen-bond donors (Lipinski definition) is 0. The molecule has 0 unspecified atom stereocenters. The zero-order valence-corrected chi connectivity index (χ0v) is 14.7. The monoisotopic (exact) mass is 388 g/mol. The summed E-state index contributed by atoms with van der Waals surface area (Å²) in [5.74, 6) is -1.08. The lowest BCUT2D eigenvalue weighted by Gasteiger charge is -2.07. The zero-order valence-electron chi connectivity index (χ0n) is 13.2. The highest BCUT2D eigenvalue weighted by atomic mass is 35.5. The average Bonchev–Trinajstić information content (AvgIpc) is 2.64. The molecule has 0 saturated heterocycles. The summed E-state index contributed by atoms with van der Waals surface area (Å²) in [6, 6.07) is 15.8. The van der Waals surface area contributed by atoms with E-state index in [2.05, 4.69) is 0 Å². The first-order chi connectivity index (χ1) is 12.4. The van der Waals surface area contributed by atoms with Gasteiger partial charge < -0.3 is 4.74 Å². The molecule has 0 saturated carbocycles. The first-order valence-electron chi connectivity index (χ1n) is 7.51. The van der Waals surface area contributed by atoms with Crippen LogP contribution in [0.25, 0.3) is 0 Å². The molecule has 0 radical (unpaired) electrons. The van der Waals surface area contributed by atoms with Gasteiger partial charge in [0.2, 0.25) is 0 Å². The molecule has 3 aromatic carbocycles. The van der Waals surface area contributed by atoms with Crippen molar-refractivity contribution in [2.45, 2.75) is 0 Å². The Bertz CT molecular complexity index is 967. The minimum Gasteiger partial charge on any atom is -0.423 e. The number of ketones is 1. The molecule has 0 spiro atoms. The maximum Gasteiger partial charge on any atom is 0.345 e. The van der Waals surface area contributed by atoms with Crippen molar-refractivity contribution in [3.05, 3.63) is 99.3 Å². The predicted molar refractivity (Wildman–Crippen MR) is 97.7 cm³/mol. The average molecular weight is 389 g/mol. The van der Waals surface area contributed by atoms with Gasteiger partial charge in [0.1, 0.15) is 11.6 Å². The van der Waals surface area contributed by atoms with Crippen molar-refractivity contribution in [2.75, 3.05) is 0 Å². The molecule has 0 amide bonds. The van der Waals surface area contributed by atoms with Gasteiger partial charge in [-0.15, -0.1) is 0 Å². The number of benzene rings is 3. The Morgan fingerprint density at radius 2 is 1.38 bits per heavy atom. The van der Waals surface area contributed by atoms with E-state index in [4.69, 9.17) is 27.9 Å². The lowest BCUT2D eigenvalue weighted by molar-refractivity contribution is 0.0735. The van der Waals surface area contributed by atoms with Gasteiger partial charge in [0, 0.05) is 16.1 Å². The van der Waals surface area contributed by atoms with E-state index in [1.165, 1.54) is 60.7 Å². The highest BCUT2D eigenvalue weighted by Gasteiger charge is 2.14. The number of carbonyl (C=O) groups is 2. The van der Waals surface area contributed by atoms with Crippen molar-refractivity contribution in [2.24, 2.45) is 0 Å². The normalized spacial score (nSPS) is 10.4. The minimum absolute atomic E-state index is 0.144. The number of hydrogen-bond acceptors (Lipinski definition) is 3. The maximum absolute atomic E-state index is 12.9. The summed E-state index contributed by atoms with van der Waals surface area (Å²) in [6.07, 6.45) is 0. The Balaban J connectivity index is 1.75. The molecule has 0 bridgehead atoms. The van der Waals surface area contributed by atoms with Crippen LogP contribution in [0.1, 0.15) is 26.3 Å². The van der Waals surface area contributed by atoms with Gasteiger partial charge in [-0.3, -0.25) is 4.79 Å². The molecule has 0 aliphatic rings. The smallest absolute Gasteiger partial charge is 0.345 e. The van der Waals surface area contributed by atoms with Gasteiger partial charge in [-0.05, 0) is 66.7 Å². The van der Waals surface area contributed by atoms with E-state index in [0.29, 0.717) is 16.1 Å². The Labute approximate surface area is 158 Å². The number of halogens is 3. The van der Waals surface area contributed by atoms with E-state index in [-0.39, 0.29) is 22.1 Å². The zero-order chi connectivity index (χ0) is 18.7. The van der Waals surface area contributed by atoms with Crippen LogP contribution in [0, 0.1) is 5.82 Å². The second-order valence-electron chi connectivity index (χ2n) is 5.37. The molecule has 3 aromatic rings. The van der Waals surface area contributed by atoms with E-state index in [0.717, 1.165) is 0 Å². The number of carbonyl (C=O) groups excluding carboxylic acids is 2. The Hall–Kier alpha value is -2.69. The number of esters is 1. The largest absolute Gasteiger partial charge is 0.423 e. The van der Waals surface area contributed by atoms with Crippen LogP contribution in [0.15, 0.2) is 66.7 Å². The molecular weight excluding hydrogens is 378 g/mol. The molecule has 0 N–H and O–H groups in total. The fourth-order valence-electron chi connectivity index (χ4n) is 2.26. The Morgan fingerprint density at radius 3 is 2.00 bits per heavy atom. The second kappa shape index (κ2) is 7.68. The number of rotatable bonds is 4. The van der Waals surface area contributed by atoms with Crippen LogP contribution < -0.4 is 4.74 Å². The van der Waals surface area contributed by atoms with Crippen LogP contribution in [0.3, 0.4) is 0 Å². The van der Waals surface area contributed by atoms with Crippen molar-refractivity contribution in [3.63, 3.8) is 0 Å². The van der Waals surface area contributed by atoms with Crippen LogP contribution in [0.5, 0.6) is 5.75 Å². The van der Waals surface area contributed by atoms with E-state index in [1.54, 1.807) is 6.07 Å². The van der Waals surface area contributed by atoms with Gasteiger partial charge in [-0.25, -0.2) is 9.18 Å². The SMILES string of the molecule is O=C(c1ccc(F)cc1)c1ccc(OC(=O)c2cc(Cl)ccc2Cl)cc1. The lowest BCUT2D eigenvalue weighted by Crippen LogP contribution is -2.09. The quantitative estimate of drug-likeness (QED) is 0.332. The molecule has 26 heavy (non-hydrogen) atoms. The highest BCUT2D eigenvalue weighted by Crippen LogP contribution is 2.23. The highest BCUT2D eigenvalue weighted by molar-refractivity contribution is 6.35. The summed E-state index contributed by atoms with van der Waals surface area (Å²) in [4.78, 5) is 24.5. The van der Waals surface area contributed by atoms with Crippen molar-refractivity contribution < 1.29 is 18.7 Å². The fraction of sp³-hybridized carbons (Fsp3) is 0. The van der Waals surface area contributed by atoms with Crippen molar-refractivity contribution in [3.8, 4) is 5.75 Å². The summed E-state index contributed by atoms with van der Waals surface area (Å²) >= 11 is 11.8. The lowest BCUT2D eigenvalue weighted by atomic mass is 10.0. The van der Waals surface area contributed by atoms with Gasteiger partial charge in [-0.2, -0.15) is 0 Å². The Morgan fingerprint density at radius 1 is 0.808 bits per heavy atom. The molecule has 0 aromatic heterocycles. The fourth-order valence-corrected chi connectivity index (χ4v) is 2.63.